The van der Waals surface area contributed by atoms with Crippen molar-refractivity contribution in [3.05, 3.63) is 35.4 Å². The van der Waals surface area contributed by atoms with E-state index < -0.39 is 5.60 Å². The summed E-state index contributed by atoms with van der Waals surface area (Å²) >= 11 is 0. The molecule has 1 nitrogen and oxygen atoms in total. The molecular weight excluding hydrogens is 232 g/mol. The van der Waals surface area contributed by atoms with Crippen LogP contribution in [0.5, 0.6) is 0 Å². The first-order valence-electron chi connectivity index (χ1n) is 7.46. The van der Waals surface area contributed by atoms with Gasteiger partial charge in [0.2, 0.25) is 0 Å². The van der Waals surface area contributed by atoms with E-state index in [0.29, 0.717) is 5.41 Å². The number of hydrogen-bond donors (Lipinski definition) is 1. The normalized spacial score (nSPS) is 22.2. The second kappa shape index (κ2) is 4.63. The summed E-state index contributed by atoms with van der Waals surface area (Å²) in [6, 6.07) is 8.55. The summed E-state index contributed by atoms with van der Waals surface area (Å²) in [5, 5.41) is 11.0. The molecule has 0 saturated heterocycles. The summed E-state index contributed by atoms with van der Waals surface area (Å²) in [6.45, 7) is 11.3. The van der Waals surface area contributed by atoms with E-state index in [2.05, 4.69) is 58.9 Å². The highest BCUT2D eigenvalue weighted by atomic mass is 16.3. The molecule has 0 spiro atoms. The van der Waals surface area contributed by atoms with Crippen molar-refractivity contribution in [2.24, 2.45) is 5.41 Å². The van der Waals surface area contributed by atoms with E-state index >= 15 is 0 Å². The van der Waals surface area contributed by atoms with Crippen LogP contribution in [0, 0.1) is 5.41 Å². The standard InChI is InChI=1S/C18H28O/c1-16(2,3)14-7-6-8-15(13-14)18(19)11-9-17(4,5)10-12-18/h6-8,13,19H,9-12H2,1-5H3. The molecule has 1 heteroatoms. The molecule has 0 atom stereocenters. The molecule has 0 amide bonds. The third kappa shape index (κ3) is 3.20. The fourth-order valence-corrected chi connectivity index (χ4v) is 2.90. The molecule has 1 N–H and O–H groups in total. The van der Waals surface area contributed by atoms with E-state index in [4.69, 9.17) is 0 Å². The van der Waals surface area contributed by atoms with Crippen LogP contribution in [0.1, 0.15) is 71.4 Å². The lowest BCUT2D eigenvalue weighted by molar-refractivity contribution is -0.0306. The Bertz CT molecular complexity index is 441. The lowest BCUT2D eigenvalue weighted by Gasteiger charge is -2.41. The summed E-state index contributed by atoms with van der Waals surface area (Å²) in [7, 11) is 0. The van der Waals surface area contributed by atoms with Crippen LogP contribution in [-0.2, 0) is 11.0 Å². The molecule has 1 saturated carbocycles. The van der Waals surface area contributed by atoms with Crippen LogP contribution < -0.4 is 0 Å². The first-order chi connectivity index (χ1) is 8.62. The zero-order chi connectivity index (χ0) is 14.3. The Kier molecular flexibility index (Phi) is 3.55. The molecule has 1 fully saturated rings. The lowest BCUT2D eigenvalue weighted by Crippen LogP contribution is -2.34. The molecule has 0 unspecified atom stereocenters. The number of rotatable bonds is 1. The largest absolute Gasteiger partial charge is 0.385 e. The van der Waals surface area contributed by atoms with Gasteiger partial charge in [-0.1, -0.05) is 58.9 Å². The zero-order valence-electron chi connectivity index (χ0n) is 13.1. The predicted molar refractivity (Wildman–Crippen MR) is 81.3 cm³/mol. The van der Waals surface area contributed by atoms with Gasteiger partial charge in [0.25, 0.3) is 0 Å². The third-order valence-corrected chi connectivity index (χ3v) is 4.70. The van der Waals surface area contributed by atoms with Gasteiger partial charge in [0.05, 0.1) is 5.60 Å². The van der Waals surface area contributed by atoms with Gasteiger partial charge in [-0.2, -0.15) is 0 Å². The van der Waals surface area contributed by atoms with Gasteiger partial charge in [-0.25, -0.2) is 0 Å². The Labute approximate surface area is 118 Å². The van der Waals surface area contributed by atoms with E-state index in [1.165, 1.54) is 5.56 Å². The van der Waals surface area contributed by atoms with Crippen LogP contribution >= 0.6 is 0 Å². The summed E-state index contributed by atoms with van der Waals surface area (Å²) in [4.78, 5) is 0. The van der Waals surface area contributed by atoms with Gasteiger partial charge in [0, 0.05) is 0 Å². The Balaban J connectivity index is 2.27. The van der Waals surface area contributed by atoms with Gasteiger partial charge < -0.3 is 5.11 Å². The third-order valence-electron chi connectivity index (χ3n) is 4.70. The van der Waals surface area contributed by atoms with Crippen molar-refractivity contribution in [2.75, 3.05) is 0 Å². The van der Waals surface area contributed by atoms with Crippen molar-refractivity contribution >= 4 is 0 Å². The van der Waals surface area contributed by atoms with Crippen LogP contribution in [0.2, 0.25) is 0 Å². The molecule has 0 heterocycles. The van der Waals surface area contributed by atoms with Crippen molar-refractivity contribution in [1.29, 1.82) is 0 Å². The van der Waals surface area contributed by atoms with E-state index in [1.54, 1.807) is 0 Å². The van der Waals surface area contributed by atoms with Crippen LogP contribution in [0.15, 0.2) is 24.3 Å². The monoisotopic (exact) mass is 260 g/mol. The SMILES string of the molecule is CC1(C)CCC(O)(c2cccc(C(C)(C)C)c2)CC1. The summed E-state index contributed by atoms with van der Waals surface area (Å²) in [6.07, 6.45) is 3.97. The van der Waals surface area contributed by atoms with Crippen molar-refractivity contribution in [1.82, 2.24) is 0 Å². The average Bonchev–Trinajstić information content (AvgIpc) is 2.33. The Hall–Kier alpha value is -0.820. The Morgan fingerprint density at radius 3 is 2.11 bits per heavy atom. The van der Waals surface area contributed by atoms with Gasteiger partial charge in [0.1, 0.15) is 0 Å². The minimum absolute atomic E-state index is 0.139. The molecule has 2 rings (SSSR count). The van der Waals surface area contributed by atoms with Crippen molar-refractivity contribution < 1.29 is 5.11 Å². The van der Waals surface area contributed by atoms with E-state index in [1.807, 2.05) is 0 Å². The average molecular weight is 260 g/mol. The van der Waals surface area contributed by atoms with Gasteiger partial charge in [0.15, 0.2) is 0 Å². The van der Waals surface area contributed by atoms with Crippen molar-refractivity contribution in [3.63, 3.8) is 0 Å². The maximum absolute atomic E-state index is 11.0. The van der Waals surface area contributed by atoms with Gasteiger partial charge in [-0.15, -0.1) is 0 Å². The van der Waals surface area contributed by atoms with E-state index in [-0.39, 0.29) is 5.41 Å². The molecule has 1 aromatic carbocycles. The summed E-state index contributed by atoms with van der Waals surface area (Å²) in [5.41, 5.74) is 2.32. The van der Waals surface area contributed by atoms with Gasteiger partial charge in [-0.05, 0) is 47.6 Å². The molecular formula is C18H28O. The predicted octanol–water partition coefficient (Wildman–Crippen LogP) is 4.77. The van der Waals surface area contributed by atoms with E-state index in [9.17, 15) is 5.11 Å². The molecule has 19 heavy (non-hydrogen) atoms. The second-order valence-corrected chi connectivity index (χ2v) is 8.03. The highest BCUT2D eigenvalue weighted by Gasteiger charge is 2.38. The van der Waals surface area contributed by atoms with Crippen LogP contribution in [0.3, 0.4) is 0 Å². The minimum Gasteiger partial charge on any atom is -0.385 e. The lowest BCUT2D eigenvalue weighted by atomic mass is 9.68. The first kappa shape index (κ1) is 14.6. The van der Waals surface area contributed by atoms with Crippen LogP contribution in [0.4, 0.5) is 0 Å². The number of benzene rings is 1. The minimum atomic E-state index is -0.614. The van der Waals surface area contributed by atoms with Crippen LogP contribution in [0.25, 0.3) is 0 Å². The first-order valence-corrected chi connectivity index (χ1v) is 7.46. The molecule has 106 valence electrons. The van der Waals surface area contributed by atoms with Crippen molar-refractivity contribution in [3.8, 4) is 0 Å². The highest BCUT2D eigenvalue weighted by molar-refractivity contribution is 5.32. The fraction of sp³-hybridized carbons (Fsp3) is 0.667. The zero-order valence-corrected chi connectivity index (χ0v) is 13.1. The topological polar surface area (TPSA) is 20.2 Å². The molecule has 0 aromatic heterocycles. The Morgan fingerprint density at radius 1 is 1.00 bits per heavy atom. The van der Waals surface area contributed by atoms with Crippen LogP contribution in [-0.4, -0.2) is 5.11 Å². The van der Waals surface area contributed by atoms with E-state index in [0.717, 1.165) is 31.2 Å². The molecule has 1 aromatic rings. The maximum atomic E-state index is 11.0. The quantitative estimate of drug-likeness (QED) is 0.771. The number of aliphatic hydroxyl groups is 1. The van der Waals surface area contributed by atoms with Gasteiger partial charge >= 0.3 is 0 Å². The molecule has 1 aliphatic carbocycles. The second-order valence-electron chi connectivity index (χ2n) is 8.03. The molecule has 0 radical (unpaired) electrons. The van der Waals surface area contributed by atoms with Crippen molar-refractivity contribution in [2.45, 2.75) is 71.3 Å². The molecule has 1 aliphatic rings. The van der Waals surface area contributed by atoms with Gasteiger partial charge in [-0.3, -0.25) is 0 Å². The number of hydrogen-bond acceptors (Lipinski definition) is 1. The molecule has 0 aliphatic heterocycles. The smallest absolute Gasteiger partial charge is 0.0897 e. The highest BCUT2D eigenvalue weighted by Crippen LogP contribution is 2.45. The summed E-state index contributed by atoms with van der Waals surface area (Å²) in [5.74, 6) is 0. The molecule has 0 bridgehead atoms. The Morgan fingerprint density at radius 2 is 1.58 bits per heavy atom. The summed E-state index contributed by atoms with van der Waals surface area (Å²) < 4.78 is 0. The maximum Gasteiger partial charge on any atom is 0.0897 e. The fourth-order valence-electron chi connectivity index (χ4n) is 2.90.